The Bertz CT molecular complexity index is 337. The lowest BCUT2D eigenvalue weighted by molar-refractivity contribution is 0.150. The molecule has 1 aromatic rings. The van der Waals surface area contributed by atoms with Crippen LogP contribution in [-0.2, 0) is 6.42 Å². The van der Waals surface area contributed by atoms with E-state index in [2.05, 4.69) is 18.3 Å². The maximum absolute atomic E-state index is 9.66. The zero-order valence-corrected chi connectivity index (χ0v) is 10.4. The van der Waals surface area contributed by atoms with Gasteiger partial charge in [-0.2, -0.15) is 0 Å². The van der Waals surface area contributed by atoms with Crippen LogP contribution in [-0.4, -0.2) is 25.4 Å². The SMILES string of the molecule is CCc1cc(C(NC)C(C)O)ccc1OC. The Morgan fingerprint density at radius 2 is 2.12 bits per heavy atom. The van der Waals surface area contributed by atoms with Crippen LogP contribution in [0, 0.1) is 0 Å². The van der Waals surface area contributed by atoms with E-state index >= 15 is 0 Å². The lowest BCUT2D eigenvalue weighted by Crippen LogP contribution is -2.27. The van der Waals surface area contributed by atoms with Crippen molar-refractivity contribution in [1.29, 1.82) is 0 Å². The van der Waals surface area contributed by atoms with E-state index in [1.165, 1.54) is 5.56 Å². The summed E-state index contributed by atoms with van der Waals surface area (Å²) >= 11 is 0. The van der Waals surface area contributed by atoms with Crippen molar-refractivity contribution >= 4 is 0 Å². The molecule has 2 unspecified atom stereocenters. The Morgan fingerprint density at radius 1 is 1.44 bits per heavy atom. The molecule has 0 heterocycles. The molecule has 0 saturated carbocycles. The number of nitrogens with one attached hydrogen (secondary N) is 1. The fraction of sp³-hybridized carbons (Fsp3) is 0.538. The lowest BCUT2D eigenvalue weighted by atomic mass is 9.99. The number of likely N-dealkylation sites (N-methyl/N-ethyl adjacent to an activating group) is 1. The predicted molar refractivity (Wildman–Crippen MR) is 65.9 cm³/mol. The van der Waals surface area contributed by atoms with Crippen molar-refractivity contribution in [1.82, 2.24) is 5.32 Å². The second-order valence-electron chi connectivity index (χ2n) is 3.93. The molecule has 0 aliphatic rings. The molecule has 1 aromatic carbocycles. The summed E-state index contributed by atoms with van der Waals surface area (Å²) in [7, 11) is 3.53. The van der Waals surface area contributed by atoms with Crippen molar-refractivity contribution in [2.75, 3.05) is 14.2 Å². The molecule has 3 nitrogen and oxygen atoms in total. The summed E-state index contributed by atoms with van der Waals surface area (Å²) < 4.78 is 5.28. The highest BCUT2D eigenvalue weighted by molar-refractivity contribution is 5.38. The molecule has 0 aliphatic carbocycles. The van der Waals surface area contributed by atoms with E-state index in [9.17, 15) is 5.11 Å². The van der Waals surface area contributed by atoms with Gasteiger partial charge in [0.15, 0.2) is 0 Å². The number of rotatable bonds is 5. The van der Waals surface area contributed by atoms with E-state index in [-0.39, 0.29) is 6.04 Å². The summed E-state index contributed by atoms with van der Waals surface area (Å²) in [6.45, 7) is 3.88. The minimum absolute atomic E-state index is 0.0313. The molecule has 90 valence electrons. The summed E-state index contributed by atoms with van der Waals surface area (Å²) in [5, 5.41) is 12.8. The molecular weight excluding hydrogens is 202 g/mol. The van der Waals surface area contributed by atoms with Crippen LogP contribution in [0.25, 0.3) is 0 Å². The van der Waals surface area contributed by atoms with Crippen molar-refractivity contribution < 1.29 is 9.84 Å². The minimum atomic E-state index is -0.414. The van der Waals surface area contributed by atoms with Crippen LogP contribution in [0.4, 0.5) is 0 Å². The molecule has 1 rings (SSSR count). The van der Waals surface area contributed by atoms with Gasteiger partial charge in [0, 0.05) is 0 Å². The summed E-state index contributed by atoms with van der Waals surface area (Å²) in [4.78, 5) is 0. The summed E-state index contributed by atoms with van der Waals surface area (Å²) in [5.74, 6) is 0.909. The van der Waals surface area contributed by atoms with E-state index in [4.69, 9.17) is 4.74 Å². The van der Waals surface area contributed by atoms with E-state index in [0.717, 1.165) is 17.7 Å². The molecule has 0 fully saturated rings. The Labute approximate surface area is 97.4 Å². The minimum Gasteiger partial charge on any atom is -0.496 e. The first kappa shape index (κ1) is 13.0. The standard InChI is InChI=1S/C13H21NO2/c1-5-10-8-11(6-7-12(10)16-4)13(14-3)9(2)15/h6-9,13-15H,5H2,1-4H3. The van der Waals surface area contributed by atoms with Gasteiger partial charge in [-0.1, -0.05) is 19.1 Å². The van der Waals surface area contributed by atoms with Gasteiger partial charge in [0.1, 0.15) is 5.75 Å². The maximum Gasteiger partial charge on any atom is 0.122 e. The number of aliphatic hydroxyl groups is 1. The molecule has 3 heteroatoms. The second kappa shape index (κ2) is 5.87. The third kappa shape index (κ3) is 2.74. The highest BCUT2D eigenvalue weighted by Gasteiger charge is 2.16. The zero-order valence-electron chi connectivity index (χ0n) is 10.4. The molecular formula is C13H21NO2. The van der Waals surface area contributed by atoms with Crippen molar-refractivity contribution in [3.05, 3.63) is 29.3 Å². The molecule has 0 spiro atoms. The average Bonchev–Trinajstić information content (AvgIpc) is 2.29. The van der Waals surface area contributed by atoms with Crippen LogP contribution in [0.15, 0.2) is 18.2 Å². The van der Waals surface area contributed by atoms with Gasteiger partial charge in [-0.15, -0.1) is 0 Å². The van der Waals surface area contributed by atoms with Crippen LogP contribution >= 0.6 is 0 Å². The monoisotopic (exact) mass is 223 g/mol. The fourth-order valence-electron chi connectivity index (χ4n) is 1.95. The number of methoxy groups -OCH3 is 1. The largest absolute Gasteiger partial charge is 0.496 e. The van der Waals surface area contributed by atoms with Crippen molar-refractivity contribution in [2.45, 2.75) is 32.4 Å². The Morgan fingerprint density at radius 3 is 2.56 bits per heavy atom. The first-order valence-corrected chi connectivity index (χ1v) is 5.66. The normalized spacial score (nSPS) is 14.6. The number of hydrogen-bond acceptors (Lipinski definition) is 3. The van der Waals surface area contributed by atoms with E-state index in [1.807, 2.05) is 19.2 Å². The quantitative estimate of drug-likeness (QED) is 0.801. The first-order valence-electron chi connectivity index (χ1n) is 5.66. The highest BCUT2D eigenvalue weighted by atomic mass is 16.5. The van der Waals surface area contributed by atoms with Gasteiger partial charge < -0.3 is 15.2 Å². The van der Waals surface area contributed by atoms with Crippen LogP contribution in [0.2, 0.25) is 0 Å². The molecule has 0 radical (unpaired) electrons. The number of hydrogen-bond donors (Lipinski definition) is 2. The summed E-state index contributed by atoms with van der Waals surface area (Å²) in [6.07, 6.45) is 0.510. The predicted octanol–water partition coefficient (Wildman–Crippen LogP) is 1.90. The average molecular weight is 223 g/mol. The molecule has 0 saturated heterocycles. The van der Waals surface area contributed by atoms with Crippen LogP contribution in [0.3, 0.4) is 0 Å². The Balaban J connectivity index is 3.06. The van der Waals surface area contributed by atoms with Gasteiger partial charge in [0.05, 0.1) is 19.3 Å². The third-order valence-corrected chi connectivity index (χ3v) is 2.84. The van der Waals surface area contributed by atoms with Gasteiger partial charge in [-0.3, -0.25) is 0 Å². The van der Waals surface area contributed by atoms with Crippen LogP contribution < -0.4 is 10.1 Å². The van der Waals surface area contributed by atoms with E-state index in [1.54, 1.807) is 14.0 Å². The van der Waals surface area contributed by atoms with Gasteiger partial charge in [-0.05, 0) is 37.6 Å². The van der Waals surface area contributed by atoms with Crippen molar-refractivity contribution in [2.24, 2.45) is 0 Å². The van der Waals surface area contributed by atoms with Gasteiger partial charge >= 0.3 is 0 Å². The number of aliphatic hydroxyl groups excluding tert-OH is 1. The summed E-state index contributed by atoms with van der Waals surface area (Å²) in [5.41, 5.74) is 2.26. The molecule has 0 aromatic heterocycles. The molecule has 2 atom stereocenters. The van der Waals surface area contributed by atoms with Gasteiger partial charge in [0.25, 0.3) is 0 Å². The van der Waals surface area contributed by atoms with Gasteiger partial charge in [-0.25, -0.2) is 0 Å². The fourth-order valence-corrected chi connectivity index (χ4v) is 1.95. The first-order chi connectivity index (χ1) is 7.63. The Kier molecular flexibility index (Phi) is 4.77. The van der Waals surface area contributed by atoms with Crippen molar-refractivity contribution in [3.8, 4) is 5.75 Å². The maximum atomic E-state index is 9.66. The number of aryl methyl sites for hydroxylation is 1. The molecule has 0 amide bonds. The number of benzene rings is 1. The topological polar surface area (TPSA) is 41.5 Å². The van der Waals surface area contributed by atoms with Crippen LogP contribution in [0.5, 0.6) is 5.75 Å². The van der Waals surface area contributed by atoms with E-state index in [0.29, 0.717) is 0 Å². The van der Waals surface area contributed by atoms with E-state index < -0.39 is 6.10 Å². The molecule has 16 heavy (non-hydrogen) atoms. The van der Waals surface area contributed by atoms with Crippen molar-refractivity contribution in [3.63, 3.8) is 0 Å². The second-order valence-corrected chi connectivity index (χ2v) is 3.93. The van der Waals surface area contributed by atoms with Gasteiger partial charge in [0.2, 0.25) is 0 Å². The summed E-state index contributed by atoms with van der Waals surface area (Å²) in [6, 6.07) is 6.01. The third-order valence-electron chi connectivity index (χ3n) is 2.84. The zero-order chi connectivity index (χ0) is 12.1. The highest BCUT2D eigenvalue weighted by Crippen LogP contribution is 2.25. The molecule has 0 aliphatic heterocycles. The Hall–Kier alpha value is -1.06. The van der Waals surface area contributed by atoms with Crippen LogP contribution in [0.1, 0.15) is 31.0 Å². The number of ether oxygens (including phenoxy) is 1. The lowest BCUT2D eigenvalue weighted by Gasteiger charge is -2.21. The molecule has 0 bridgehead atoms. The smallest absolute Gasteiger partial charge is 0.122 e. The molecule has 2 N–H and O–H groups in total.